The summed E-state index contributed by atoms with van der Waals surface area (Å²) in [7, 11) is 0. The maximum absolute atomic E-state index is 12.7. The van der Waals surface area contributed by atoms with Crippen molar-refractivity contribution in [2.75, 3.05) is 19.6 Å². The third kappa shape index (κ3) is 2.61. The van der Waals surface area contributed by atoms with E-state index in [0.717, 1.165) is 25.7 Å². The average molecular weight is 268 g/mol. The number of rotatable bonds is 3. The molecule has 1 amide bonds. The monoisotopic (exact) mass is 268 g/mol. The van der Waals surface area contributed by atoms with E-state index in [9.17, 15) is 9.59 Å². The van der Waals surface area contributed by atoms with Gasteiger partial charge in [-0.05, 0) is 18.8 Å². The van der Waals surface area contributed by atoms with E-state index in [2.05, 4.69) is 0 Å². The van der Waals surface area contributed by atoms with Crippen LogP contribution < -0.4 is 5.73 Å². The van der Waals surface area contributed by atoms with Crippen molar-refractivity contribution in [3.05, 3.63) is 0 Å². The Morgan fingerprint density at radius 3 is 2.37 bits per heavy atom. The van der Waals surface area contributed by atoms with Crippen LogP contribution in [-0.4, -0.2) is 41.5 Å². The molecule has 0 aromatic carbocycles. The second-order valence-electron chi connectivity index (χ2n) is 6.18. The fourth-order valence-corrected chi connectivity index (χ4v) is 3.52. The molecule has 2 unspecified atom stereocenters. The van der Waals surface area contributed by atoms with Crippen molar-refractivity contribution in [1.82, 2.24) is 4.90 Å². The van der Waals surface area contributed by atoms with Gasteiger partial charge in [0.05, 0.1) is 11.3 Å². The average Bonchev–Trinajstić information content (AvgIpc) is 2.81. The molecule has 0 radical (unpaired) electrons. The molecule has 0 bridgehead atoms. The number of hydrogen-bond donors (Lipinski definition) is 2. The van der Waals surface area contributed by atoms with Crippen molar-refractivity contribution in [3.8, 4) is 0 Å². The molecule has 0 aromatic rings. The van der Waals surface area contributed by atoms with Crippen LogP contribution in [0.5, 0.6) is 0 Å². The number of carbonyl (C=O) groups is 2. The molecule has 1 aliphatic heterocycles. The van der Waals surface area contributed by atoms with Crippen LogP contribution in [0.4, 0.5) is 0 Å². The van der Waals surface area contributed by atoms with Gasteiger partial charge in [-0.15, -0.1) is 0 Å². The third-order valence-electron chi connectivity index (χ3n) is 4.87. The van der Waals surface area contributed by atoms with E-state index in [1.807, 2.05) is 6.92 Å². The molecule has 1 saturated heterocycles. The lowest BCUT2D eigenvalue weighted by molar-refractivity contribution is -0.144. The van der Waals surface area contributed by atoms with Gasteiger partial charge < -0.3 is 15.7 Å². The summed E-state index contributed by atoms with van der Waals surface area (Å²) in [5.41, 5.74) is 5.45. The van der Waals surface area contributed by atoms with Gasteiger partial charge in [-0.1, -0.05) is 26.2 Å². The molecule has 1 aliphatic carbocycles. The lowest BCUT2D eigenvalue weighted by Crippen LogP contribution is -2.48. The summed E-state index contributed by atoms with van der Waals surface area (Å²) in [6.45, 7) is 3.19. The first-order chi connectivity index (χ1) is 9.00. The maximum Gasteiger partial charge on any atom is 0.308 e. The van der Waals surface area contributed by atoms with E-state index < -0.39 is 17.3 Å². The molecule has 2 rings (SSSR count). The van der Waals surface area contributed by atoms with E-state index in [1.165, 1.54) is 6.42 Å². The summed E-state index contributed by atoms with van der Waals surface area (Å²) in [5, 5.41) is 9.15. The Bertz CT molecular complexity index is 364. The van der Waals surface area contributed by atoms with Crippen LogP contribution in [-0.2, 0) is 9.59 Å². The second-order valence-corrected chi connectivity index (χ2v) is 6.18. The Morgan fingerprint density at radius 1 is 1.26 bits per heavy atom. The maximum atomic E-state index is 12.7. The van der Waals surface area contributed by atoms with Gasteiger partial charge in [0.1, 0.15) is 0 Å². The van der Waals surface area contributed by atoms with Gasteiger partial charge in [0, 0.05) is 19.6 Å². The first-order valence-corrected chi connectivity index (χ1v) is 7.22. The van der Waals surface area contributed by atoms with Gasteiger partial charge in [-0.25, -0.2) is 0 Å². The van der Waals surface area contributed by atoms with E-state index in [1.54, 1.807) is 4.90 Å². The number of hydrogen-bond acceptors (Lipinski definition) is 3. The molecule has 5 nitrogen and oxygen atoms in total. The van der Waals surface area contributed by atoms with Crippen LogP contribution in [0, 0.1) is 17.3 Å². The quantitative estimate of drug-likeness (QED) is 0.802. The molecular formula is C14H24N2O3. The number of carbonyl (C=O) groups excluding carboxylic acids is 1. The Hall–Kier alpha value is -1.10. The van der Waals surface area contributed by atoms with Crippen molar-refractivity contribution >= 4 is 11.9 Å². The van der Waals surface area contributed by atoms with E-state index in [4.69, 9.17) is 10.8 Å². The van der Waals surface area contributed by atoms with Crippen LogP contribution in [0.1, 0.15) is 39.0 Å². The number of aliphatic carboxylic acids is 1. The molecule has 3 N–H and O–H groups in total. The Labute approximate surface area is 114 Å². The summed E-state index contributed by atoms with van der Waals surface area (Å²) in [6, 6.07) is 0. The highest BCUT2D eigenvalue weighted by atomic mass is 16.4. The molecule has 5 heteroatoms. The number of nitrogens with zero attached hydrogens (tertiary/aromatic N) is 1. The minimum atomic E-state index is -0.798. The minimum absolute atomic E-state index is 0.0277. The zero-order chi connectivity index (χ0) is 14.0. The Balaban J connectivity index is 2.09. The van der Waals surface area contributed by atoms with Crippen molar-refractivity contribution in [1.29, 1.82) is 0 Å². The van der Waals surface area contributed by atoms with Crippen LogP contribution in [0.25, 0.3) is 0 Å². The topological polar surface area (TPSA) is 83.6 Å². The first-order valence-electron chi connectivity index (χ1n) is 7.22. The largest absolute Gasteiger partial charge is 0.481 e. The van der Waals surface area contributed by atoms with Gasteiger partial charge in [-0.3, -0.25) is 9.59 Å². The van der Waals surface area contributed by atoms with E-state index >= 15 is 0 Å². The predicted molar refractivity (Wildman–Crippen MR) is 71.4 cm³/mol. The van der Waals surface area contributed by atoms with Crippen LogP contribution >= 0.6 is 0 Å². The van der Waals surface area contributed by atoms with Gasteiger partial charge in [0.25, 0.3) is 0 Å². The molecule has 19 heavy (non-hydrogen) atoms. The molecule has 2 fully saturated rings. The Kier molecular flexibility index (Phi) is 4.13. The molecule has 108 valence electrons. The van der Waals surface area contributed by atoms with Gasteiger partial charge in [0.15, 0.2) is 0 Å². The third-order valence-corrected chi connectivity index (χ3v) is 4.87. The number of carboxylic acid groups (broad SMARTS) is 1. The summed E-state index contributed by atoms with van der Waals surface area (Å²) in [6.07, 6.45) is 4.97. The van der Waals surface area contributed by atoms with Crippen LogP contribution in [0.2, 0.25) is 0 Å². The lowest BCUT2D eigenvalue weighted by Gasteiger charge is -2.37. The second kappa shape index (κ2) is 5.49. The molecule has 2 atom stereocenters. The van der Waals surface area contributed by atoms with Crippen molar-refractivity contribution in [2.24, 2.45) is 23.0 Å². The smallest absolute Gasteiger partial charge is 0.308 e. The highest BCUT2D eigenvalue weighted by Gasteiger charge is 2.45. The summed E-state index contributed by atoms with van der Waals surface area (Å²) < 4.78 is 0. The zero-order valence-electron chi connectivity index (χ0n) is 11.6. The molecule has 1 heterocycles. The molecule has 2 aliphatic rings. The number of likely N-dealkylation sites (tertiary alicyclic amines) is 1. The summed E-state index contributed by atoms with van der Waals surface area (Å²) in [4.78, 5) is 25.6. The highest BCUT2D eigenvalue weighted by molar-refractivity contribution is 5.84. The van der Waals surface area contributed by atoms with Crippen LogP contribution in [0.3, 0.4) is 0 Å². The predicted octanol–water partition coefficient (Wildman–Crippen LogP) is 1.07. The van der Waals surface area contributed by atoms with Gasteiger partial charge in [-0.2, -0.15) is 0 Å². The fourth-order valence-electron chi connectivity index (χ4n) is 3.52. The molecule has 0 aromatic heterocycles. The highest BCUT2D eigenvalue weighted by Crippen LogP contribution is 2.38. The van der Waals surface area contributed by atoms with Crippen molar-refractivity contribution in [2.45, 2.75) is 39.0 Å². The van der Waals surface area contributed by atoms with Crippen LogP contribution in [0.15, 0.2) is 0 Å². The van der Waals surface area contributed by atoms with Crippen molar-refractivity contribution < 1.29 is 14.7 Å². The Morgan fingerprint density at radius 2 is 1.89 bits per heavy atom. The first kappa shape index (κ1) is 14.3. The number of nitrogens with two attached hydrogens (primary N) is 1. The summed E-state index contributed by atoms with van der Waals surface area (Å²) >= 11 is 0. The standard InChI is InChI=1S/C14H24N2O3/c1-10-7-16(8-11(10)12(17)18)13(19)14(9-15)5-3-2-4-6-14/h10-11H,2-9,15H2,1H3,(H,17,18). The molecule has 1 saturated carbocycles. The van der Waals surface area contributed by atoms with Gasteiger partial charge >= 0.3 is 5.97 Å². The minimum Gasteiger partial charge on any atom is -0.481 e. The summed E-state index contributed by atoms with van der Waals surface area (Å²) in [5.74, 6) is -1.11. The zero-order valence-corrected chi connectivity index (χ0v) is 11.6. The van der Waals surface area contributed by atoms with E-state index in [-0.39, 0.29) is 11.8 Å². The number of carboxylic acids is 1. The molecule has 0 spiro atoms. The van der Waals surface area contributed by atoms with E-state index in [0.29, 0.717) is 19.6 Å². The number of amides is 1. The van der Waals surface area contributed by atoms with Crippen molar-refractivity contribution in [3.63, 3.8) is 0 Å². The van der Waals surface area contributed by atoms with Gasteiger partial charge in [0.2, 0.25) is 5.91 Å². The lowest BCUT2D eigenvalue weighted by atomic mass is 9.73. The normalized spacial score (nSPS) is 30.3. The SMILES string of the molecule is CC1CN(C(=O)C2(CN)CCCCC2)CC1C(=O)O. The molecular weight excluding hydrogens is 244 g/mol. The fraction of sp³-hybridized carbons (Fsp3) is 0.857.